The molecule has 0 atom stereocenters. The molecule has 1 rings (SSSR count). The third-order valence-electron chi connectivity index (χ3n) is 2.10. The fraction of sp³-hybridized carbons (Fsp3) is 0.154. The number of carbonyl (C=O) groups is 3. The Balaban J connectivity index is 2.87. The van der Waals surface area contributed by atoms with Gasteiger partial charge in [0.15, 0.2) is 0 Å². The lowest BCUT2D eigenvalue weighted by molar-refractivity contribution is -0.297. The number of aliphatic carboxylic acids is 1. The molecule has 0 bridgehead atoms. The van der Waals surface area contributed by atoms with Crippen LogP contribution in [0.1, 0.15) is 17.3 Å². The van der Waals surface area contributed by atoms with Gasteiger partial charge in [-0.05, 0) is 31.2 Å². The first-order valence-electron chi connectivity index (χ1n) is 5.60. The summed E-state index contributed by atoms with van der Waals surface area (Å²) in [5, 5.41) is 12.7. The minimum absolute atomic E-state index is 0.107. The molecule has 0 radical (unpaired) electrons. The number of nitrogens with one attached hydrogen (secondary N) is 1. The number of halogens is 1. The smallest absolute Gasteiger partial charge is 0.339 e. The zero-order chi connectivity index (χ0) is 15.1. The van der Waals surface area contributed by atoms with Gasteiger partial charge in [0, 0.05) is 11.8 Å². The van der Waals surface area contributed by atoms with Crippen LogP contribution < -0.4 is 10.4 Å². The Morgan fingerprint density at radius 1 is 1.35 bits per heavy atom. The van der Waals surface area contributed by atoms with E-state index in [-0.39, 0.29) is 22.9 Å². The van der Waals surface area contributed by atoms with Crippen LogP contribution in [0, 0.1) is 0 Å². The average molecular weight is 297 g/mol. The molecular weight excluding hydrogens is 286 g/mol. The lowest BCUT2D eigenvalue weighted by Crippen LogP contribution is -2.20. The molecule has 0 spiro atoms. The molecule has 20 heavy (non-hydrogen) atoms. The number of benzene rings is 1. The number of carboxylic acid groups (broad SMARTS) is 1. The number of esters is 1. The summed E-state index contributed by atoms with van der Waals surface area (Å²) in [7, 11) is 0. The van der Waals surface area contributed by atoms with E-state index in [2.05, 4.69) is 5.32 Å². The zero-order valence-electron chi connectivity index (χ0n) is 10.5. The Morgan fingerprint density at radius 2 is 2.05 bits per heavy atom. The van der Waals surface area contributed by atoms with E-state index < -0.39 is 17.8 Å². The highest BCUT2D eigenvalue weighted by molar-refractivity contribution is 6.33. The summed E-state index contributed by atoms with van der Waals surface area (Å²) in [6.07, 6.45) is 1.39. The van der Waals surface area contributed by atoms with Gasteiger partial charge in [-0.25, -0.2) is 4.79 Å². The summed E-state index contributed by atoms with van der Waals surface area (Å²) in [5.74, 6) is -2.77. The highest BCUT2D eigenvalue weighted by Crippen LogP contribution is 2.21. The first-order valence-corrected chi connectivity index (χ1v) is 5.98. The van der Waals surface area contributed by atoms with Gasteiger partial charge >= 0.3 is 5.97 Å². The molecular formula is C13H11ClNO5-. The van der Waals surface area contributed by atoms with Gasteiger partial charge in [0.1, 0.15) is 0 Å². The molecule has 6 nitrogen and oxygen atoms in total. The van der Waals surface area contributed by atoms with Crippen molar-refractivity contribution in [2.75, 3.05) is 11.9 Å². The number of rotatable bonds is 5. The van der Waals surface area contributed by atoms with Crippen LogP contribution in [0.3, 0.4) is 0 Å². The molecule has 1 aromatic rings. The van der Waals surface area contributed by atoms with E-state index in [4.69, 9.17) is 16.3 Å². The van der Waals surface area contributed by atoms with Crippen molar-refractivity contribution in [2.45, 2.75) is 6.92 Å². The van der Waals surface area contributed by atoms with Crippen LogP contribution in [0.4, 0.5) is 5.69 Å². The Morgan fingerprint density at radius 3 is 2.65 bits per heavy atom. The van der Waals surface area contributed by atoms with Crippen LogP contribution in [0.2, 0.25) is 5.02 Å². The molecule has 0 saturated carbocycles. The summed E-state index contributed by atoms with van der Waals surface area (Å²) in [6.45, 7) is 1.85. The number of anilines is 1. The molecule has 0 heterocycles. The number of carbonyl (C=O) groups excluding carboxylic acids is 3. The van der Waals surface area contributed by atoms with E-state index in [0.717, 1.165) is 6.08 Å². The molecule has 0 aliphatic heterocycles. The van der Waals surface area contributed by atoms with Crippen molar-refractivity contribution in [2.24, 2.45) is 0 Å². The number of carboxylic acids is 1. The highest BCUT2D eigenvalue weighted by atomic mass is 35.5. The second-order valence-electron chi connectivity index (χ2n) is 3.56. The van der Waals surface area contributed by atoms with Gasteiger partial charge < -0.3 is 20.0 Å². The van der Waals surface area contributed by atoms with Crippen LogP contribution in [-0.2, 0) is 14.3 Å². The van der Waals surface area contributed by atoms with Gasteiger partial charge in [0.2, 0.25) is 5.91 Å². The van der Waals surface area contributed by atoms with Crippen molar-refractivity contribution < 1.29 is 24.2 Å². The van der Waals surface area contributed by atoms with E-state index in [1.165, 1.54) is 18.2 Å². The fourth-order valence-corrected chi connectivity index (χ4v) is 1.49. The quantitative estimate of drug-likeness (QED) is 0.639. The molecule has 7 heteroatoms. The second-order valence-corrected chi connectivity index (χ2v) is 3.96. The number of ether oxygens (including phenoxy) is 1. The number of hydrogen-bond donors (Lipinski definition) is 1. The lowest BCUT2D eigenvalue weighted by atomic mass is 10.2. The Hall–Kier alpha value is -2.34. The van der Waals surface area contributed by atoms with Crippen LogP contribution in [0.25, 0.3) is 0 Å². The predicted octanol–water partition coefficient (Wildman–Crippen LogP) is 0.761. The van der Waals surface area contributed by atoms with Gasteiger partial charge in [-0.2, -0.15) is 0 Å². The minimum atomic E-state index is -1.48. The van der Waals surface area contributed by atoms with E-state index in [0.29, 0.717) is 6.08 Å². The maximum absolute atomic E-state index is 11.6. The monoisotopic (exact) mass is 296 g/mol. The van der Waals surface area contributed by atoms with Gasteiger partial charge in [-0.3, -0.25) is 4.79 Å². The van der Waals surface area contributed by atoms with Crippen LogP contribution in [0.5, 0.6) is 0 Å². The third-order valence-corrected chi connectivity index (χ3v) is 2.43. The Labute approximate surface area is 120 Å². The van der Waals surface area contributed by atoms with Crippen molar-refractivity contribution in [3.63, 3.8) is 0 Å². The maximum atomic E-state index is 11.6. The van der Waals surface area contributed by atoms with Crippen molar-refractivity contribution in [3.05, 3.63) is 40.9 Å². The Bertz CT molecular complexity index is 568. The summed E-state index contributed by atoms with van der Waals surface area (Å²) in [5.41, 5.74) is 0.389. The molecule has 0 fully saturated rings. The first-order chi connectivity index (χ1) is 9.43. The van der Waals surface area contributed by atoms with Gasteiger partial charge in [-0.1, -0.05) is 11.6 Å². The highest BCUT2D eigenvalue weighted by Gasteiger charge is 2.12. The molecule has 0 aromatic heterocycles. The number of amides is 1. The summed E-state index contributed by atoms with van der Waals surface area (Å²) >= 11 is 5.85. The van der Waals surface area contributed by atoms with Crippen molar-refractivity contribution in [3.8, 4) is 0 Å². The molecule has 106 valence electrons. The molecule has 1 amide bonds. The van der Waals surface area contributed by atoms with Crippen LogP contribution >= 0.6 is 11.6 Å². The van der Waals surface area contributed by atoms with E-state index in [1.54, 1.807) is 6.92 Å². The van der Waals surface area contributed by atoms with Crippen molar-refractivity contribution in [1.82, 2.24) is 0 Å². The SMILES string of the molecule is CCOC(=O)c1cc(NC(=O)/C=C\C(=O)[O-])ccc1Cl. The topological polar surface area (TPSA) is 95.5 Å². The molecule has 0 aliphatic rings. The molecule has 1 aromatic carbocycles. The summed E-state index contributed by atoms with van der Waals surface area (Å²) < 4.78 is 4.81. The summed E-state index contributed by atoms with van der Waals surface area (Å²) in [4.78, 5) is 33.1. The molecule has 0 unspecified atom stereocenters. The molecule has 0 saturated heterocycles. The largest absolute Gasteiger partial charge is 0.545 e. The molecule has 0 aliphatic carbocycles. The summed E-state index contributed by atoms with van der Waals surface area (Å²) in [6, 6.07) is 4.23. The van der Waals surface area contributed by atoms with Crippen LogP contribution in [-0.4, -0.2) is 24.5 Å². The minimum Gasteiger partial charge on any atom is -0.545 e. The average Bonchev–Trinajstić information content (AvgIpc) is 2.39. The van der Waals surface area contributed by atoms with Crippen LogP contribution in [0.15, 0.2) is 30.4 Å². The third kappa shape index (κ3) is 4.74. The van der Waals surface area contributed by atoms with Gasteiger partial charge in [-0.15, -0.1) is 0 Å². The lowest BCUT2D eigenvalue weighted by Gasteiger charge is -2.07. The standard InChI is InChI=1S/C13H12ClNO5/c1-2-20-13(19)9-7-8(3-4-10(9)14)15-11(16)5-6-12(17)18/h3-7H,2H2,1H3,(H,15,16)(H,17,18)/p-1/b6-5-. The van der Waals surface area contributed by atoms with Gasteiger partial charge in [0.25, 0.3) is 0 Å². The Kier molecular flexibility index (Phi) is 5.74. The fourth-order valence-electron chi connectivity index (χ4n) is 1.30. The predicted molar refractivity (Wildman–Crippen MR) is 70.2 cm³/mol. The van der Waals surface area contributed by atoms with Crippen molar-refractivity contribution in [1.29, 1.82) is 0 Å². The van der Waals surface area contributed by atoms with E-state index >= 15 is 0 Å². The first kappa shape index (κ1) is 15.7. The van der Waals surface area contributed by atoms with E-state index in [1.807, 2.05) is 0 Å². The van der Waals surface area contributed by atoms with E-state index in [9.17, 15) is 19.5 Å². The van der Waals surface area contributed by atoms with Crippen molar-refractivity contribution >= 4 is 35.1 Å². The second kappa shape index (κ2) is 7.30. The zero-order valence-corrected chi connectivity index (χ0v) is 11.3. The number of hydrogen-bond acceptors (Lipinski definition) is 5. The van der Waals surface area contributed by atoms with Gasteiger partial charge in [0.05, 0.1) is 23.2 Å². The normalized spacial score (nSPS) is 10.3. The molecule has 1 N–H and O–H groups in total. The maximum Gasteiger partial charge on any atom is 0.339 e.